The monoisotopic (exact) mass is 416 g/mol. The van der Waals surface area contributed by atoms with Gasteiger partial charge in [0.1, 0.15) is 0 Å². The van der Waals surface area contributed by atoms with Gasteiger partial charge in [-0.25, -0.2) is 0 Å². The number of thiocarbonyl (C=S) groups is 1. The molecule has 0 unspecified atom stereocenters. The molecule has 1 aliphatic rings. The SMILES string of the molecule is CCN(CC)CCCNC(=S)N1CCN(Cc2ccc(Cl)c(Cl)c2)CC1. The zero-order valence-electron chi connectivity index (χ0n) is 15.8. The van der Waals surface area contributed by atoms with Crippen molar-refractivity contribution in [1.29, 1.82) is 0 Å². The quantitative estimate of drug-likeness (QED) is 0.513. The van der Waals surface area contributed by atoms with Crippen LogP contribution >= 0.6 is 35.4 Å². The average Bonchev–Trinajstić information content (AvgIpc) is 2.65. The molecule has 4 nitrogen and oxygen atoms in total. The van der Waals surface area contributed by atoms with Crippen molar-refractivity contribution in [3.05, 3.63) is 33.8 Å². The molecule has 2 rings (SSSR count). The van der Waals surface area contributed by atoms with Gasteiger partial charge in [-0.15, -0.1) is 0 Å². The highest BCUT2D eigenvalue weighted by Crippen LogP contribution is 2.23. The van der Waals surface area contributed by atoms with Gasteiger partial charge in [0.2, 0.25) is 0 Å². The summed E-state index contributed by atoms with van der Waals surface area (Å²) >= 11 is 17.7. The van der Waals surface area contributed by atoms with Crippen LogP contribution in [-0.4, -0.2) is 72.2 Å². The van der Waals surface area contributed by atoms with E-state index in [9.17, 15) is 0 Å². The van der Waals surface area contributed by atoms with Gasteiger partial charge >= 0.3 is 0 Å². The van der Waals surface area contributed by atoms with Crippen LogP contribution in [0.15, 0.2) is 18.2 Å². The van der Waals surface area contributed by atoms with Crippen LogP contribution in [0.1, 0.15) is 25.8 Å². The van der Waals surface area contributed by atoms with E-state index >= 15 is 0 Å². The molecule has 7 heteroatoms. The Balaban J connectivity index is 1.67. The lowest BCUT2D eigenvalue weighted by Crippen LogP contribution is -2.51. The maximum absolute atomic E-state index is 6.11. The van der Waals surface area contributed by atoms with Crippen molar-refractivity contribution < 1.29 is 0 Å². The number of hydrogen-bond acceptors (Lipinski definition) is 3. The van der Waals surface area contributed by atoms with Crippen LogP contribution in [0.25, 0.3) is 0 Å². The van der Waals surface area contributed by atoms with Gasteiger partial charge in [0, 0.05) is 39.3 Å². The fourth-order valence-corrected chi connectivity index (χ4v) is 3.76. The first-order chi connectivity index (χ1) is 12.5. The molecule has 1 fully saturated rings. The molecule has 0 atom stereocenters. The molecule has 0 aliphatic carbocycles. The summed E-state index contributed by atoms with van der Waals surface area (Å²) in [6.45, 7) is 13.5. The molecule has 0 aromatic heterocycles. The molecule has 1 aliphatic heterocycles. The molecular weight excluding hydrogens is 387 g/mol. The zero-order chi connectivity index (χ0) is 18.9. The second kappa shape index (κ2) is 11.3. The van der Waals surface area contributed by atoms with Gasteiger partial charge in [-0.3, -0.25) is 4.90 Å². The molecule has 1 N–H and O–H groups in total. The summed E-state index contributed by atoms with van der Waals surface area (Å²) in [6.07, 6.45) is 1.12. The van der Waals surface area contributed by atoms with Crippen LogP contribution in [0.3, 0.4) is 0 Å². The van der Waals surface area contributed by atoms with Gasteiger partial charge in [-0.05, 0) is 56.0 Å². The van der Waals surface area contributed by atoms with E-state index in [1.165, 1.54) is 5.56 Å². The standard InChI is InChI=1S/C19H30Cl2N4S/c1-3-23(4-2)9-5-8-22-19(26)25-12-10-24(11-13-25)15-16-6-7-17(20)18(21)14-16/h6-7,14H,3-5,8-13,15H2,1-2H3,(H,22,26). The molecule has 146 valence electrons. The first-order valence-electron chi connectivity index (χ1n) is 9.44. The average molecular weight is 417 g/mol. The normalized spacial score (nSPS) is 15.5. The van der Waals surface area contributed by atoms with E-state index in [1.54, 1.807) is 0 Å². The lowest BCUT2D eigenvalue weighted by Gasteiger charge is -2.36. The number of halogens is 2. The highest BCUT2D eigenvalue weighted by molar-refractivity contribution is 7.80. The Kier molecular flexibility index (Phi) is 9.43. The van der Waals surface area contributed by atoms with Gasteiger partial charge in [0.15, 0.2) is 5.11 Å². The van der Waals surface area contributed by atoms with Crippen molar-refractivity contribution >= 4 is 40.5 Å². The van der Waals surface area contributed by atoms with Gasteiger partial charge in [-0.1, -0.05) is 43.1 Å². The maximum atomic E-state index is 6.11. The lowest BCUT2D eigenvalue weighted by atomic mass is 10.2. The predicted octanol–water partition coefficient (Wildman–Crippen LogP) is 3.72. The van der Waals surface area contributed by atoms with Gasteiger partial charge < -0.3 is 15.1 Å². The fraction of sp³-hybridized carbons (Fsp3) is 0.632. The second-order valence-corrected chi connectivity index (χ2v) is 7.83. The number of nitrogens with one attached hydrogen (secondary N) is 1. The van der Waals surface area contributed by atoms with Crippen molar-refractivity contribution in [3.63, 3.8) is 0 Å². The van der Waals surface area contributed by atoms with Gasteiger partial charge in [0.05, 0.1) is 10.0 Å². The topological polar surface area (TPSA) is 21.8 Å². The summed E-state index contributed by atoms with van der Waals surface area (Å²) in [6, 6.07) is 5.87. The Hall–Kier alpha value is -0.590. The molecule has 1 aromatic rings. The molecular formula is C19H30Cl2N4S. The number of rotatable bonds is 8. The van der Waals surface area contributed by atoms with E-state index in [0.29, 0.717) is 10.0 Å². The summed E-state index contributed by atoms with van der Waals surface area (Å²) in [5, 5.41) is 5.53. The van der Waals surface area contributed by atoms with Crippen molar-refractivity contribution in [2.75, 3.05) is 52.4 Å². The summed E-state index contributed by atoms with van der Waals surface area (Å²) in [5.41, 5.74) is 1.20. The van der Waals surface area contributed by atoms with E-state index in [2.05, 4.69) is 33.9 Å². The fourth-order valence-electron chi connectivity index (χ4n) is 3.15. The maximum Gasteiger partial charge on any atom is 0.169 e. The largest absolute Gasteiger partial charge is 0.363 e. The van der Waals surface area contributed by atoms with E-state index in [1.807, 2.05) is 18.2 Å². The number of hydrogen-bond donors (Lipinski definition) is 1. The molecule has 0 radical (unpaired) electrons. The third-order valence-electron chi connectivity index (χ3n) is 4.87. The van der Waals surface area contributed by atoms with Crippen LogP contribution < -0.4 is 5.32 Å². The highest BCUT2D eigenvalue weighted by atomic mass is 35.5. The van der Waals surface area contributed by atoms with Crippen LogP contribution in [0.2, 0.25) is 10.0 Å². The van der Waals surface area contributed by atoms with E-state index in [4.69, 9.17) is 35.4 Å². The highest BCUT2D eigenvalue weighted by Gasteiger charge is 2.19. The Morgan fingerprint density at radius 1 is 1.12 bits per heavy atom. The van der Waals surface area contributed by atoms with Crippen molar-refractivity contribution in [3.8, 4) is 0 Å². The molecule has 1 aromatic carbocycles. The zero-order valence-corrected chi connectivity index (χ0v) is 18.1. The van der Waals surface area contributed by atoms with Crippen LogP contribution in [0.4, 0.5) is 0 Å². The predicted molar refractivity (Wildman–Crippen MR) is 116 cm³/mol. The number of piperazine rings is 1. The van der Waals surface area contributed by atoms with Gasteiger partial charge in [-0.2, -0.15) is 0 Å². The van der Waals surface area contributed by atoms with Crippen LogP contribution in [0, 0.1) is 0 Å². The van der Waals surface area contributed by atoms with Gasteiger partial charge in [0.25, 0.3) is 0 Å². The number of nitrogens with zero attached hydrogens (tertiary/aromatic N) is 3. The Bertz CT molecular complexity index is 573. The first-order valence-corrected chi connectivity index (χ1v) is 10.6. The molecule has 0 spiro atoms. The summed E-state index contributed by atoms with van der Waals surface area (Å²) in [5.74, 6) is 0. The third-order valence-corrected chi connectivity index (χ3v) is 6.01. The molecule has 1 saturated heterocycles. The smallest absolute Gasteiger partial charge is 0.169 e. The first kappa shape index (κ1) is 21.7. The lowest BCUT2D eigenvalue weighted by molar-refractivity contribution is 0.174. The number of benzene rings is 1. The van der Waals surface area contributed by atoms with Crippen molar-refractivity contribution in [2.45, 2.75) is 26.8 Å². The molecule has 0 saturated carbocycles. The van der Waals surface area contributed by atoms with Crippen molar-refractivity contribution in [2.24, 2.45) is 0 Å². The molecule has 26 heavy (non-hydrogen) atoms. The Labute approximate surface area is 173 Å². The van der Waals surface area contributed by atoms with E-state index < -0.39 is 0 Å². The molecule has 0 amide bonds. The summed E-state index contributed by atoms with van der Waals surface area (Å²) < 4.78 is 0. The minimum Gasteiger partial charge on any atom is -0.363 e. The minimum atomic E-state index is 0.609. The minimum absolute atomic E-state index is 0.609. The molecule has 0 bridgehead atoms. The summed E-state index contributed by atoms with van der Waals surface area (Å²) in [7, 11) is 0. The third kappa shape index (κ3) is 6.86. The Morgan fingerprint density at radius 2 is 1.81 bits per heavy atom. The molecule has 1 heterocycles. The Morgan fingerprint density at radius 3 is 2.42 bits per heavy atom. The van der Waals surface area contributed by atoms with Crippen molar-refractivity contribution in [1.82, 2.24) is 20.0 Å². The summed E-state index contributed by atoms with van der Waals surface area (Å²) in [4.78, 5) is 7.14. The van der Waals surface area contributed by atoms with E-state index in [0.717, 1.165) is 70.4 Å². The van der Waals surface area contributed by atoms with E-state index in [-0.39, 0.29) is 0 Å². The second-order valence-electron chi connectivity index (χ2n) is 6.62. The van der Waals surface area contributed by atoms with Crippen LogP contribution in [0.5, 0.6) is 0 Å². The van der Waals surface area contributed by atoms with Crippen LogP contribution in [-0.2, 0) is 6.54 Å².